The Kier molecular flexibility index (Phi) is 4.10. The molecule has 1 fully saturated rings. The molecule has 0 spiro atoms. The van der Waals surface area contributed by atoms with Gasteiger partial charge in [-0.15, -0.1) is 0 Å². The Morgan fingerprint density at radius 2 is 2.24 bits per heavy atom. The van der Waals surface area contributed by atoms with Crippen LogP contribution < -0.4 is 5.32 Å². The van der Waals surface area contributed by atoms with E-state index in [1.807, 2.05) is 30.0 Å². The lowest BCUT2D eigenvalue weighted by Gasteiger charge is -2.24. The average molecular weight is 284 g/mol. The van der Waals surface area contributed by atoms with Gasteiger partial charge in [0.25, 0.3) is 5.91 Å². The number of fused-ring (bicyclic) bond motifs is 1. The van der Waals surface area contributed by atoms with Crippen molar-refractivity contribution in [1.29, 1.82) is 0 Å². The number of carbonyl (C=O) groups is 1. The summed E-state index contributed by atoms with van der Waals surface area (Å²) in [5.74, 6) is 0.0392. The summed E-state index contributed by atoms with van der Waals surface area (Å²) in [5.41, 5.74) is 2.08. The zero-order valence-corrected chi connectivity index (χ0v) is 12.2. The third-order valence-electron chi connectivity index (χ3n) is 4.00. The highest BCUT2D eigenvalue weighted by atomic mass is 16.2. The van der Waals surface area contributed by atoms with Gasteiger partial charge in [-0.1, -0.05) is 6.07 Å². The van der Waals surface area contributed by atoms with Crippen LogP contribution in [0.15, 0.2) is 30.6 Å². The molecule has 1 saturated heterocycles. The van der Waals surface area contributed by atoms with E-state index in [0.29, 0.717) is 23.7 Å². The summed E-state index contributed by atoms with van der Waals surface area (Å²) in [5, 5.41) is 3.44. The molecule has 1 amide bonds. The van der Waals surface area contributed by atoms with Crippen molar-refractivity contribution in [3.8, 4) is 0 Å². The van der Waals surface area contributed by atoms with Crippen LogP contribution in [0.2, 0.25) is 0 Å². The second-order valence-electron chi connectivity index (χ2n) is 5.37. The summed E-state index contributed by atoms with van der Waals surface area (Å²) in [6.45, 7) is 4.53. The fraction of sp³-hybridized carbons (Fsp3) is 0.438. The first-order valence-corrected chi connectivity index (χ1v) is 7.52. The van der Waals surface area contributed by atoms with Crippen molar-refractivity contribution in [3.63, 3.8) is 0 Å². The van der Waals surface area contributed by atoms with Crippen molar-refractivity contribution in [3.05, 3.63) is 36.2 Å². The van der Waals surface area contributed by atoms with Crippen LogP contribution in [0, 0.1) is 0 Å². The normalized spacial score (nSPS) is 18.0. The van der Waals surface area contributed by atoms with E-state index in [4.69, 9.17) is 0 Å². The highest BCUT2D eigenvalue weighted by Crippen LogP contribution is 2.17. The van der Waals surface area contributed by atoms with Crippen molar-refractivity contribution >= 4 is 16.9 Å². The first-order valence-electron chi connectivity index (χ1n) is 7.52. The molecule has 0 radical (unpaired) electrons. The van der Waals surface area contributed by atoms with Gasteiger partial charge in [0.1, 0.15) is 5.52 Å². The molecular weight excluding hydrogens is 264 g/mol. The fourth-order valence-corrected chi connectivity index (χ4v) is 2.87. The van der Waals surface area contributed by atoms with E-state index >= 15 is 0 Å². The van der Waals surface area contributed by atoms with Crippen LogP contribution in [0.4, 0.5) is 0 Å². The molecule has 3 rings (SSSR count). The van der Waals surface area contributed by atoms with Gasteiger partial charge in [0.15, 0.2) is 0 Å². The fourth-order valence-electron chi connectivity index (χ4n) is 2.87. The maximum absolute atomic E-state index is 12.8. The lowest BCUT2D eigenvalue weighted by Crippen LogP contribution is -2.41. The Bertz CT molecular complexity index is 632. The average Bonchev–Trinajstić information content (AvgIpc) is 3.04. The molecule has 1 N–H and O–H groups in total. The lowest BCUT2D eigenvalue weighted by molar-refractivity contribution is 0.0753. The molecule has 1 aliphatic rings. The van der Waals surface area contributed by atoms with Crippen LogP contribution in [0.3, 0.4) is 0 Å². The number of likely N-dealkylation sites (N-methyl/N-ethyl adjacent to an activating group) is 1. The van der Waals surface area contributed by atoms with Crippen LogP contribution in [-0.4, -0.2) is 46.5 Å². The van der Waals surface area contributed by atoms with Gasteiger partial charge in [0.2, 0.25) is 0 Å². The Morgan fingerprint density at radius 1 is 1.38 bits per heavy atom. The maximum atomic E-state index is 12.8. The molecule has 2 aromatic rings. The topological polar surface area (TPSA) is 58.1 Å². The van der Waals surface area contributed by atoms with Crippen LogP contribution in [0.5, 0.6) is 0 Å². The van der Waals surface area contributed by atoms with E-state index in [1.54, 1.807) is 12.4 Å². The third-order valence-corrected chi connectivity index (χ3v) is 4.00. The molecule has 1 aromatic heterocycles. The molecule has 1 unspecified atom stereocenters. The van der Waals surface area contributed by atoms with Crippen molar-refractivity contribution < 1.29 is 4.79 Å². The number of nitrogens with one attached hydrogen (secondary N) is 1. The van der Waals surface area contributed by atoms with Crippen LogP contribution >= 0.6 is 0 Å². The van der Waals surface area contributed by atoms with Gasteiger partial charge in [-0.05, 0) is 38.4 Å². The molecule has 1 aromatic carbocycles. The minimum atomic E-state index is 0.0392. The highest BCUT2D eigenvalue weighted by Gasteiger charge is 2.22. The van der Waals surface area contributed by atoms with Crippen LogP contribution in [0.25, 0.3) is 11.0 Å². The largest absolute Gasteiger partial charge is 0.337 e. The summed E-state index contributed by atoms with van der Waals surface area (Å²) in [7, 11) is 0. The SMILES string of the molecule is CCN(CC1CCCN1)C(=O)c1cccc2nccnc12. The Hall–Kier alpha value is -2.01. The Morgan fingerprint density at radius 3 is 3.00 bits per heavy atom. The second-order valence-corrected chi connectivity index (χ2v) is 5.37. The van der Waals surface area contributed by atoms with Crippen molar-refractivity contribution in [2.45, 2.75) is 25.8 Å². The number of hydrogen-bond donors (Lipinski definition) is 1. The molecule has 1 atom stereocenters. The molecule has 21 heavy (non-hydrogen) atoms. The highest BCUT2D eigenvalue weighted by molar-refractivity contribution is 6.04. The first kappa shape index (κ1) is 13.9. The van der Waals surface area contributed by atoms with E-state index in [9.17, 15) is 4.79 Å². The monoisotopic (exact) mass is 284 g/mol. The van der Waals surface area contributed by atoms with Crippen LogP contribution in [-0.2, 0) is 0 Å². The molecule has 2 heterocycles. The van der Waals surface area contributed by atoms with Gasteiger partial charge in [-0.2, -0.15) is 0 Å². The Labute approximate surface area is 124 Å². The number of hydrogen-bond acceptors (Lipinski definition) is 4. The first-order chi connectivity index (χ1) is 10.3. The minimum Gasteiger partial charge on any atom is -0.337 e. The van der Waals surface area contributed by atoms with Crippen molar-refractivity contribution in [2.24, 2.45) is 0 Å². The van der Waals surface area contributed by atoms with Gasteiger partial charge >= 0.3 is 0 Å². The molecule has 0 aliphatic carbocycles. The van der Waals surface area contributed by atoms with Crippen molar-refractivity contribution in [1.82, 2.24) is 20.2 Å². The number of rotatable bonds is 4. The molecule has 0 saturated carbocycles. The summed E-state index contributed by atoms with van der Waals surface area (Å²) in [4.78, 5) is 23.3. The predicted molar refractivity (Wildman–Crippen MR) is 82.1 cm³/mol. The predicted octanol–water partition coefficient (Wildman–Crippen LogP) is 1.84. The molecular formula is C16H20N4O. The third kappa shape index (κ3) is 2.88. The second kappa shape index (κ2) is 6.18. The molecule has 1 aliphatic heterocycles. The van der Waals surface area contributed by atoms with E-state index < -0.39 is 0 Å². The Balaban J connectivity index is 1.87. The van der Waals surface area contributed by atoms with E-state index in [2.05, 4.69) is 15.3 Å². The van der Waals surface area contributed by atoms with Crippen LogP contribution in [0.1, 0.15) is 30.1 Å². The number of benzene rings is 1. The number of nitrogens with zero attached hydrogens (tertiary/aromatic N) is 3. The summed E-state index contributed by atoms with van der Waals surface area (Å²) < 4.78 is 0. The minimum absolute atomic E-state index is 0.0392. The van der Waals surface area contributed by atoms with Gasteiger partial charge in [0.05, 0.1) is 11.1 Å². The van der Waals surface area contributed by atoms with Crippen molar-refractivity contribution in [2.75, 3.05) is 19.6 Å². The molecule has 5 nitrogen and oxygen atoms in total. The van der Waals surface area contributed by atoms with Gasteiger partial charge in [-0.3, -0.25) is 14.8 Å². The number of para-hydroxylation sites is 1. The smallest absolute Gasteiger partial charge is 0.256 e. The molecule has 110 valence electrons. The molecule has 0 bridgehead atoms. The quantitative estimate of drug-likeness (QED) is 0.931. The summed E-state index contributed by atoms with van der Waals surface area (Å²) in [6, 6.07) is 6.00. The summed E-state index contributed by atoms with van der Waals surface area (Å²) in [6.07, 6.45) is 5.61. The number of carbonyl (C=O) groups excluding carboxylic acids is 1. The number of aromatic nitrogens is 2. The van der Waals surface area contributed by atoms with E-state index in [0.717, 1.165) is 25.0 Å². The van der Waals surface area contributed by atoms with E-state index in [1.165, 1.54) is 6.42 Å². The standard InChI is InChI=1S/C16H20N4O/c1-2-20(11-12-5-4-8-17-12)16(21)13-6-3-7-14-15(13)19-10-9-18-14/h3,6-7,9-10,12,17H,2,4-5,8,11H2,1H3. The zero-order valence-electron chi connectivity index (χ0n) is 12.2. The van der Waals surface area contributed by atoms with Gasteiger partial charge in [0, 0.05) is 31.5 Å². The van der Waals surface area contributed by atoms with Gasteiger partial charge in [-0.25, -0.2) is 0 Å². The molecule has 5 heteroatoms. The summed E-state index contributed by atoms with van der Waals surface area (Å²) >= 11 is 0. The van der Waals surface area contributed by atoms with Gasteiger partial charge < -0.3 is 10.2 Å². The number of amides is 1. The lowest BCUT2D eigenvalue weighted by atomic mass is 10.1. The zero-order chi connectivity index (χ0) is 14.7. The van der Waals surface area contributed by atoms with E-state index in [-0.39, 0.29) is 5.91 Å². The maximum Gasteiger partial charge on any atom is 0.256 e.